The molecule has 0 amide bonds. The van der Waals surface area contributed by atoms with Gasteiger partial charge in [0.2, 0.25) is 0 Å². The van der Waals surface area contributed by atoms with Crippen LogP contribution in [-0.4, -0.2) is 25.0 Å². The van der Waals surface area contributed by atoms with Crippen LogP contribution in [0.5, 0.6) is 5.75 Å². The van der Waals surface area contributed by atoms with Gasteiger partial charge in [-0.2, -0.15) is 5.10 Å². The van der Waals surface area contributed by atoms with Crippen molar-refractivity contribution < 1.29 is 4.74 Å². The van der Waals surface area contributed by atoms with E-state index in [1.165, 1.54) is 0 Å². The van der Waals surface area contributed by atoms with Crippen LogP contribution >= 0.6 is 12.2 Å². The minimum absolute atomic E-state index is 0.484. The summed E-state index contributed by atoms with van der Waals surface area (Å²) in [6.45, 7) is 2.61. The Morgan fingerprint density at radius 3 is 3.06 bits per heavy atom. The predicted molar refractivity (Wildman–Crippen MR) is 70.0 cm³/mol. The van der Waals surface area contributed by atoms with Crippen molar-refractivity contribution in [2.24, 2.45) is 5.10 Å². The standard InChI is InChI=1S/C11H15N3OS/c1-3-15-10-6-4-5-9(7-10)8-13-14-11(16)12-2/h4-8H,3H2,1-2H3,(H2,12,14,16)/b13-8+. The molecule has 0 fully saturated rings. The maximum absolute atomic E-state index is 5.37. The lowest BCUT2D eigenvalue weighted by molar-refractivity contribution is 0.340. The second-order valence-electron chi connectivity index (χ2n) is 2.95. The van der Waals surface area contributed by atoms with Gasteiger partial charge in [-0.25, -0.2) is 0 Å². The summed E-state index contributed by atoms with van der Waals surface area (Å²) in [5.41, 5.74) is 3.64. The smallest absolute Gasteiger partial charge is 0.186 e. The lowest BCUT2D eigenvalue weighted by Gasteiger charge is -2.03. The van der Waals surface area contributed by atoms with E-state index < -0.39 is 0 Å². The first-order valence-electron chi connectivity index (χ1n) is 5.00. The molecule has 1 rings (SSSR count). The summed E-state index contributed by atoms with van der Waals surface area (Å²) in [5, 5.41) is 7.23. The number of rotatable bonds is 4. The molecule has 0 aliphatic rings. The lowest BCUT2D eigenvalue weighted by Crippen LogP contribution is -2.28. The van der Waals surface area contributed by atoms with Crippen molar-refractivity contribution in [3.8, 4) is 5.75 Å². The second kappa shape index (κ2) is 6.79. The molecule has 16 heavy (non-hydrogen) atoms. The fourth-order valence-corrected chi connectivity index (χ4v) is 1.13. The van der Waals surface area contributed by atoms with E-state index in [2.05, 4.69) is 15.8 Å². The van der Waals surface area contributed by atoms with Gasteiger partial charge < -0.3 is 10.1 Å². The van der Waals surface area contributed by atoms with Gasteiger partial charge in [0.25, 0.3) is 0 Å². The van der Waals surface area contributed by atoms with Crippen molar-refractivity contribution in [3.05, 3.63) is 29.8 Å². The zero-order chi connectivity index (χ0) is 11.8. The first-order valence-corrected chi connectivity index (χ1v) is 5.40. The molecule has 86 valence electrons. The maximum Gasteiger partial charge on any atom is 0.186 e. The first kappa shape index (κ1) is 12.4. The maximum atomic E-state index is 5.37. The number of hydrogen-bond acceptors (Lipinski definition) is 3. The molecule has 2 N–H and O–H groups in total. The van der Waals surface area contributed by atoms with Crippen LogP contribution in [0.25, 0.3) is 0 Å². The molecule has 0 saturated carbocycles. The summed E-state index contributed by atoms with van der Waals surface area (Å²) < 4.78 is 5.37. The highest BCUT2D eigenvalue weighted by Crippen LogP contribution is 2.11. The summed E-state index contributed by atoms with van der Waals surface area (Å²) in [7, 11) is 1.74. The molecular formula is C11H15N3OS. The van der Waals surface area contributed by atoms with E-state index in [4.69, 9.17) is 17.0 Å². The topological polar surface area (TPSA) is 45.6 Å². The first-order chi connectivity index (χ1) is 7.76. The molecule has 0 radical (unpaired) electrons. The van der Waals surface area contributed by atoms with Crippen LogP contribution in [0, 0.1) is 0 Å². The monoisotopic (exact) mass is 237 g/mol. The Morgan fingerprint density at radius 1 is 1.56 bits per heavy atom. The summed E-state index contributed by atoms with van der Waals surface area (Å²) in [6.07, 6.45) is 1.69. The quantitative estimate of drug-likeness (QED) is 0.473. The average Bonchev–Trinajstić information content (AvgIpc) is 2.30. The third-order valence-corrected chi connectivity index (χ3v) is 2.07. The van der Waals surface area contributed by atoms with Crippen molar-refractivity contribution in [2.45, 2.75) is 6.92 Å². The van der Waals surface area contributed by atoms with E-state index in [1.807, 2.05) is 31.2 Å². The van der Waals surface area contributed by atoms with Gasteiger partial charge >= 0.3 is 0 Å². The fourth-order valence-electron chi connectivity index (χ4n) is 1.07. The lowest BCUT2D eigenvalue weighted by atomic mass is 10.2. The van der Waals surface area contributed by atoms with Crippen molar-refractivity contribution in [1.82, 2.24) is 10.7 Å². The molecule has 0 aliphatic heterocycles. The summed E-state index contributed by atoms with van der Waals surface area (Å²) in [6, 6.07) is 7.68. The predicted octanol–water partition coefficient (Wildman–Crippen LogP) is 1.51. The Hall–Kier alpha value is -1.62. The summed E-state index contributed by atoms with van der Waals surface area (Å²) in [4.78, 5) is 0. The van der Waals surface area contributed by atoms with Gasteiger partial charge in [0.1, 0.15) is 5.75 Å². The molecule has 0 saturated heterocycles. The zero-order valence-corrected chi connectivity index (χ0v) is 10.2. The molecule has 0 aliphatic carbocycles. The molecule has 0 bridgehead atoms. The Morgan fingerprint density at radius 2 is 2.38 bits per heavy atom. The van der Waals surface area contributed by atoms with Crippen LogP contribution < -0.4 is 15.5 Å². The van der Waals surface area contributed by atoms with Gasteiger partial charge in [-0.05, 0) is 36.8 Å². The highest BCUT2D eigenvalue weighted by atomic mass is 32.1. The van der Waals surface area contributed by atoms with Crippen molar-refractivity contribution in [2.75, 3.05) is 13.7 Å². The second-order valence-corrected chi connectivity index (χ2v) is 3.36. The van der Waals surface area contributed by atoms with Gasteiger partial charge in [0.05, 0.1) is 12.8 Å². The number of hydrazone groups is 1. The van der Waals surface area contributed by atoms with Gasteiger partial charge in [-0.3, -0.25) is 5.43 Å². The number of nitrogens with zero attached hydrogens (tertiary/aromatic N) is 1. The summed E-state index contributed by atoms with van der Waals surface area (Å²) >= 11 is 4.88. The molecule has 0 atom stereocenters. The van der Waals surface area contributed by atoms with E-state index >= 15 is 0 Å². The van der Waals surface area contributed by atoms with Crippen LogP contribution in [0.15, 0.2) is 29.4 Å². The van der Waals surface area contributed by atoms with Gasteiger partial charge in [-0.1, -0.05) is 12.1 Å². The average molecular weight is 237 g/mol. The third kappa shape index (κ3) is 4.27. The minimum Gasteiger partial charge on any atom is -0.494 e. The highest BCUT2D eigenvalue weighted by Gasteiger charge is 1.93. The van der Waals surface area contributed by atoms with Crippen molar-refractivity contribution in [3.63, 3.8) is 0 Å². The van der Waals surface area contributed by atoms with E-state index in [-0.39, 0.29) is 0 Å². The number of ether oxygens (including phenoxy) is 1. The fraction of sp³-hybridized carbons (Fsp3) is 0.273. The molecule has 1 aromatic carbocycles. The largest absolute Gasteiger partial charge is 0.494 e. The van der Waals surface area contributed by atoms with Crippen LogP contribution in [0.2, 0.25) is 0 Å². The molecule has 0 heterocycles. The SMILES string of the molecule is CCOc1cccc(/C=N/NC(=S)NC)c1. The molecule has 5 heteroatoms. The summed E-state index contributed by atoms with van der Waals surface area (Å²) in [5.74, 6) is 0.836. The third-order valence-electron chi connectivity index (χ3n) is 1.78. The molecule has 4 nitrogen and oxygen atoms in total. The number of nitrogens with one attached hydrogen (secondary N) is 2. The van der Waals surface area contributed by atoms with Crippen LogP contribution in [-0.2, 0) is 0 Å². The normalized spacial score (nSPS) is 10.1. The van der Waals surface area contributed by atoms with E-state index in [1.54, 1.807) is 13.3 Å². The highest BCUT2D eigenvalue weighted by molar-refractivity contribution is 7.80. The Balaban J connectivity index is 2.59. The van der Waals surface area contributed by atoms with E-state index in [9.17, 15) is 0 Å². The Bertz CT molecular complexity index is 379. The number of thiocarbonyl (C=S) groups is 1. The molecular weight excluding hydrogens is 222 g/mol. The van der Waals surface area contributed by atoms with Gasteiger partial charge in [-0.15, -0.1) is 0 Å². The van der Waals surface area contributed by atoms with Crippen molar-refractivity contribution in [1.29, 1.82) is 0 Å². The molecule has 1 aromatic rings. The minimum atomic E-state index is 0.484. The molecule has 0 aromatic heterocycles. The van der Waals surface area contributed by atoms with Crippen LogP contribution in [0.4, 0.5) is 0 Å². The van der Waals surface area contributed by atoms with Crippen LogP contribution in [0.3, 0.4) is 0 Å². The van der Waals surface area contributed by atoms with Gasteiger partial charge in [0, 0.05) is 7.05 Å². The van der Waals surface area contributed by atoms with E-state index in [0.29, 0.717) is 11.7 Å². The number of benzene rings is 1. The number of hydrogen-bond donors (Lipinski definition) is 2. The zero-order valence-electron chi connectivity index (χ0n) is 9.36. The Labute approximate surface area is 101 Å². The van der Waals surface area contributed by atoms with E-state index in [0.717, 1.165) is 11.3 Å². The molecule has 0 unspecified atom stereocenters. The van der Waals surface area contributed by atoms with Crippen molar-refractivity contribution >= 4 is 23.5 Å². The van der Waals surface area contributed by atoms with Gasteiger partial charge in [0.15, 0.2) is 5.11 Å². The Kier molecular flexibility index (Phi) is 5.28. The van der Waals surface area contributed by atoms with Crippen LogP contribution in [0.1, 0.15) is 12.5 Å². The molecule has 0 spiro atoms.